The Morgan fingerprint density at radius 3 is 1.79 bits per heavy atom. The first kappa shape index (κ1) is 34.7. The van der Waals surface area contributed by atoms with E-state index in [1.54, 1.807) is 41.5 Å². The molecule has 0 amide bonds. The average molecular weight is 619 g/mol. The molecule has 0 radical (unpaired) electrons. The number of benzene rings is 2. The number of ether oxygens (including phenoxy) is 7. The molecule has 1 saturated heterocycles. The van der Waals surface area contributed by atoms with Crippen LogP contribution in [0.15, 0.2) is 60.7 Å². The van der Waals surface area contributed by atoms with Crippen LogP contribution >= 0.6 is 11.8 Å². The van der Waals surface area contributed by atoms with Crippen LogP contribution in [0.4, 0.5) is 9.59 Å². The molecule has 0 aliphatic carbocycles. The van der Waals surface area contributed by atoms with Crippen molar-refractivity contribution >= 4 is 24.1 Å². The number of hydrogen-bond acceptors (Lipinski definition) is 10. The molecule has 10 heteroatoms. The summed E-state index contributed by atoms with van der Waals surface area (Å²) in [6.45, 7) is 12.7. The quantitative estimate of drug-likeness (QED) is 0.239. The summed E-state index contributed by atoms with van der Waals surface area (Å²) in [6.07, 6.45) is -2.75. The monoisotopic (exact) mass is 618 g/mol. The first-order valence-corrected chi connectivity index (χ1v) is 15.8. The van der Waals surface area contributed by atoms with Crippen molar-refractivity contribution in [1.29, 1.82) is 0 Å². The van der Waals surface area contributed by atoms with Crippen LogP contribution in [-0.4, -0.2) is 65.7 Å². The predicted octanol–water partition coefficient (Wildman–Crippen LogP) is 7.30. The Balaban J connectivity index is 2.00. The van der Waals surface area contributed by atoms with Gasteiger partial charge in [-0.2, -0.15) is 0 Å². The van der Waals surface area contributed by atoms with Gasteiger partial charge in [0, 0.05) is 0 Å². The zero-order valence-corrected chi connectivity index (χ0v) is 27.3. The van der Waals surface area contributed by atoms with Gasteiger partial charge in [-0.3, -0.25) is 0 Å². The fraction of sp³-hybridized carbons (Fsp3) is 0.576. The number of hydrogen-bond donors (Lipinski definition) is 0. The number of carbonyl (C=O) groups excluding carboxylic acids is 2. The second-order valence-electron chi connectivity index (χ2n) is 12.3. The fourth-order valence-electron chi connectivity index (χ4n) is 4.64. The van der Waals surface area contributed by atoms with E-state index < -0.39 is 52.9 Å². The van der Waals surface area contributed by atoms with Gasteiger partial charge in [-0.15, -0.1) is 11.8 Å². The van der Waals surface area contributed by atoms with Gasteiger partial charge in [-0.1, -0.05) is 67.6 Å². The van der Waals surface area contributed by atoms with Crippen LogP contribution in [0, 0.1) is 0 Å². The van der Waals surface area contributed by atoms with Gasteiger partial charge in [0.1, 0.15) is 41.1 Å². The van der Waals surface area contributed by atoms with Crippen molar-refractivity contribution in [3.8, 4) is 0 Å². The van der Waals surface area contributed by atoms with Crippen LogP contribution in [0.25, 0.3) is 0 Å². The Morgan fingerprint density at radius 1 is 0.791 bits per heavy atom. The highest BCUT2D eigenvalue weighted by molar-refractivity contribution is 7.99. The Morgan fingerprint density at radius 2 is 1.30 bits per heavy atom. The molecule has 238 valence electrons. The van der Waals surface area contributed by atoms with Gasteiger partial charge in [0.2, 0.25) is 0 Å². The molecule has 2 aromatic rings. The number of thioether (sulfide) groups is 1. The molecule has 0 N–H and O–H groups in total. The van der Waals surface area contributed by atoms with Gasteiger partial charge >= 0.3 is 12.3 Å². The minimum atomic E-state index is -1.05. The molecule has 5 atom stereocenters. The molecule has 0 spiro atoms. The Kier molecular flexibility index (Phi) is 12.3. The predicted molar refractivity (Wildman–Crippen MR) is 165 cm³/mol. The molecular weight excluding hydrogens is 572 g/mol. The van der Waals surface area contributed by atoms with Gasteiger partial charge in [0.05, 0.1) is 13.2 Å². The smallest absolute Gasteiger partial charge is 0.431 e. The van der Waals surface area contributed by atoms with Crippen molar-refractivity contribution in [3.05, 3.63) is 71.8 Å². The molecule has 1 fully saturated rings. The Hall–Kier alpha value is -2.79. The molecule has 0 saturated carbocycles. The van der Waals surface area contributed by atoms with Crippen molar-refractivity contribution in [2.75, 3.05) is 12.9 Å². The zero-order valence-electron chi connectivity index (χ0n) is 26.5. The van der Waals surface area contributed by atoms with Crippen LogP contribution in [0.1, 0.15) is 66.0 Å². The van der Waals surface area contributed by atoms with E-state index in [-0.39, 0.29) is 19.8 Å². The standard InChI is InChI=1S/C33H46O9S/c1-9-33(43-8)28(37-21-24-18-14-11-15-19-24)27(36-20-23-16-12-10-13-17-23)26(39-30(35)42-32(5,6)7)25(40-33)22-38-29(34)41-31(2,3)4/h10-19,25-28H,9,20-22H2,1-8H3/t25-,26+,27+,28-,33+/m1/s1. The molecular formula is C33H46O9S. The third-order valence-corrected chi connectivity index (χ3v) is 7.85. The molecule has 1 heterocycles. The molecule has 0 unspecified atom stereocenters. The summed E-state index contributed by atoms with van der Waals surface area (Å²) in [5.41, 5.74) is 0.349. The van der Waals surface area contributed by atoms with Gasteiger partial charge in [-0.05, 0) is 65.3 Å². The van der Waals surface area contributed by atoms with E-state index in [4.69, 9.17) is 33.2 Å². The highest BCUT2D eigenvalue weighted by atomic mass is 32.2. The minimum Gasteiger partial charge on any atom is -0.431 e. The summed E-state index contributed by atoms with van der Waals surface area (Å²) in [4.78, 5) is 24.7. The third-order valence-electron chi connectivity index (χ3n) is 6.55. The minimum absolute atomic E-state index is 0.221. The molecule has 1 aliphatic rings. The van der Waals surface area contributed by atoms with Crippen LogP contribution < -0.4 is 0 Å². The lowest BCUT2D eigenvalue weighted by Gasteiger charge is -2.51. The normalized spacial score (nSPS) is 24.2. The van der Waals surface area contributed by atoms with Crippen LogP contribution in [0.3, 0.4) is 0 Å². The van der Waals surface area contributed by atoms with Gasteiger partial charge in [-0.25, -0.2) is 9.59 Å². The van der Waals surface area contributed by atoms with E-state index in [1.165, 1.54) is 11.8 Å². The van der Waals surface area contributed by atoms with Crippen molar-refractivity contribution in [2.24, 2.45) is 0 Å². The molecule has 2 aromatic carbocycles. The fourth-order valence-corrected chi connectivity index (χ4v) is 5.58. The second-order valence-corrected chi connectivity index (χ2v) is 13.4. The topological polar surface area (TPSA) is 98.8 Å². The highest BCUT2D eigenvalue weighted by Crippen LogP contribution is 2.44. The average Bonchev–Trinajstić information content (AvgIpc) is 2.94. The lowest BCUT2D eigenvalue weighted by molar-refractivity contribution is -0.272. The van der Waals surface area contributed by atoms with E-state index in [0.717, 1.165) is 11.1 Å². The summed E-state index contributed by atoms with van der Waals surface area (Å²) in [7, 11) is 0. The molecule has 43 heavy (non-hydrogen) atoms. The summed E-state index contributed by atoms with van der Waals surface area (Å²) >= 11 is 1.47. The van der Waals surface area contributed by atoms with Crippen molar-refractivity contribution in [2.45, 2.75) is 109 Å². The third kappa shape index (κ3) is 10.7. The highest BCUT2D eigenvalue weighted by Gasteiger charge is 2.57. The van der Waals surface area contributed by atoms with E-state index >= 15 is 0 Å². The van der Waals surface area contributed by atoms with E-state index in [9.17, 15) is 9.59 Å². The lowest BCUT2D eigenvalue weighted by Crippen LogP contribution is -2.66. The Bertz CT molecular complexity index is 1140. The SMILES string of the molecule is CC[C@@]1(SC)O[C@H](COC(=O)OC(C)(C)C)[C@H](OC(=O)OC(C)(C)C)[C@H](OCc2ccccc2)[C@H]1OCc1ccccc1. The second kappa shape index (κ2) is 15.3. The summed E-state index contributed by atoms with van der Waals surface area (Å²) in [6, 6.07) is 19.5. The Labute approximate surface area is 259 Å². The van der Waals surface area contributed by atoms with Crippen LogP contribution in [0.5, 0.6) is 0 Å². The maximum Gasteiger partial charge on any atom is 0.509 e. The van der Waals surface area contributed by atoms with E-state index in [1.807, 2.05) is 73.8 Å². The van der Waals surface area contributed by atoms with Crippen molar-refractivity contribution < 1.29 is 42.7 Å². The van der Waals surface area contributed by atoms with E-state index in [0.29, 0.717) is 6.42 Å². The largest absolute Gasteiger partial charge is 0.509 e. The molecule has 0 bridgehead atoms. The van der Waals surface area contributed by atoms with Crippen LogP contribution in [-0.2, 0) is 46.4 Å². The molecule has 9 nitrogen and oxygen atoms in total. The summed E-state index contributed by atoms with van der Waals surface area (Å²) in [5.74, 6) is 0. The first-order valence-electron chi connectivity index (χ1n) is 14.5. The summed E-state index contributed by atoms with van der Waals surface area (Å²) < 4.78 is 42.1. The maximum absolute atomic E-state index is 13.1. The van der Waals surface area contributed by atoms with Gasteiger partial charge in [0.25, 0.3) is 0 Å². The van der Waals surface area contributed by atoms with E-state index in [2.05, 4.69) is 0 Å². The number of carbonyl (C=O) groups is 2. The summed E-state index contributed by atoms with van der Waals surface area (Å²) in [5, 5.41) is 0. The molecule has 0 aromatic heterocycles. The van der Waals surface area contributed by atoms with Gasteiger partial charge < -0.3 is 33.2 Å². The van der Waals surface area contributed by atoms with Crippen molar-refractivity contribution in [1.82, 2.24) is 0 Å². The zero-order chi connectivity index (χ0) is 31.7. The molecule has 3 rings (SSSR count). The maximum atomic E-state index is 13.1. The first-order chi connectivity index (χ1) is 20.2. The van der Waals surface area contributed by atoms with Crippen molar-refractivity contribution in [3.63, 3.8) is 0 Å². The number of rotatable bonds is 11. The molecule has 1 aliphatic heterocycles. The lowest BCUT2D eigenvalue weighted by atomic mass is 9.92. The van der Waals surface area contributed by atoms with Crippen LogP contribution in [0.2, 0.25) is 0 Å². The van der Waals surface area contributed by atoms with Gasteiger partial charge in [0.15, 0.2) is 6.10 Å².